The van der Waals surface area contributed by atoms with E-state index in [9.17, 15) is 13.2 Å². The lowest BCUT2D eigenvalue weighted by atomic mass is 10.2. The molecule has 0 aliphatic carbocycles. The molecule has 3 aromatic rings. The maximum absolute atomic E-state index is 12.1. The quantitative estimate of drug-likeness (QED) is 0.538. The van der Waals surface area contributed by atoms with E-state index in [-0.39, 0.29) is 31.3 Å². The van der Waals surface area contributed by atoms with Crippen LogP contribution in [0.15, 0.2) is 59.1 Å². The highest BCUT2D eigenvalue weighted by Crippen LogP contribution is 2.24. The standard InChI is InChI=1S/C20H21ClN4O4S/c1-30(27,28)25(15-8-3-2-4-9-15)13-7-12-18(26)22-14-19-23-20(24-29-19)16-10-5-6-11-17(16)21/h2-6,8-11H,7,12-14H2,1H3,(H,22,26). The van der Waals surface area contributed by atoms with Crippen LogP contribution in [0.3, 0.4) is 0 Å². The van der Waals surface area contributed by atoms with Crippen LogP contribution < -0.4 is 9.62 Å². The SMILES string of the molecule is CS(=O)(=O)N(CCCC(=O)NCc1nc(-c2ccccc2Cl)no1)c1ccccc1. The van der Waals surface area contributed by atoms with Crippen molar-refractivity contribution in [3.05, 3.63) is 65.5 Å². The van der Waals surface area contributed by atoms with E-state index in [2.05, 4.69) is 15.5 Å². The number of carbonyl (C=O) groups is 1. The van der Waals surface area contributed by atoms with Gasteiger partial charge in [-0.25, -0.2) is 8.42 Å². The number of benzene rings is 2. The number of hydrogen-bond donors (Lipinski definition) is 1. The molecule has 0 bridgehead atoms. The van der Waals surface area contributed by atoms with Gasteiger partial charge in [0, 0.05) is 18.5 Å². The number of carbonyl (C=O) groups excluding carboxylic acids is 1. The highest BCUT2D eigenvalue weighted by atomic mass is 35.5. The number of aromatic nitrogens is 2. The Bertz CT molecular complexity index is 1100. The van der Waals surface area contributed by atoms with E-state index in [1.165, 1.54) is 4.31 Å². The van der Waals surface area contributed by atoms with E-state index < -0.39 is 10.0 Å². The average molecular weight is 449 g/mol. The van der Waals surface area contributed by atoms with E-state index in [4.69, 9.17) is 16.1 Å². The number of halogens is 1. The smallest absolute Gasteiger partial charge is 0.246 e. The van der Waals surface area contributed by atoms with Crippen LogP contribution in [-0.4, -0.2) is 37.3 Å². The molecule has 30 heavy (non-hydrogen) atoms. The minimum absolute atomic E-state index is 0.0742. The average Bonchev–Trinajstić information content (AvgIpc) is 3.18. The molecule has 8 nitrogen and oxygen atoms in total. The summed E-state index contributed by atoms with van der Waals surface area (Å²) >= 11 is 6.12. The van der Waals surface area contributed by atoms with Crippen LogP contribution in [0.2, 0.25) is 5.02 Å². The van der Waals surface area contributed by atoms with Crippen LogP contribution >= 0.6 is 11.6 Å². The van der Waals surface area contributed by atoms with Gasteiger partial charge in [-0.3, -0.25) is 9.10 Å². The van der Waals surface area contributed by atoms with Crippen molar-refractivity contribution >= 4 is 33.2 Å². The summed E-state index contributed by atoms with van der Waals surface area (Å²) in [5.41, 5.74) is 1.21. The van der Waals surface area contributed by atoms with Crippen molar-refractivity contribution in [1.82, 2.24) is 15.5 Å². The molecule has 0 aliphatic rings. The lowest BCUT2D eigenvalue weighted by molar-refractivity contribution is -0.121. The number of hydrogen-bond acceptors (Lipinski definition) is 6. The lowest BCUT2D eigenvalue weighted by Crippen LogP contribution is -2.32. The second kappa shape index (κ2) is 9.73. The van der Waals surface area contributed by atoms with Gasteiger partial charge in [-0.05, 0) is 30.7 Å². The zero-order valence-electron chi connectivity index (χ0n) is 16.3. The van der Waals surface area contributed by atoms with E-state index in [1.54, 1.807) is 42.5 Å². The fourth-order valence-corrected chi connectivity index (χ4v) is 3.99. The topological polar surface area (TPSA) is 105 Å². The van der Waals surface area contributed by atoms with Gasteiger partial charge in [-0.2, -0.15) is 4.98 Å². The van der Waals surface area contributed by atoms with Gasteiger partial charge in [0.25, 0.3) is 0 Å². The predicted molar refractivity (Wildman–Crippen MR) is 114 cm³/mol. The van der Waals surface area contributed by atoms with Crippen molar-refractivity contribution < 1.29 is 17.7 Å². The van der Waals surface area contributed by atoms with Crippen LogP contribution in [0.25, 0.3) is 11.4 Å². The molecule has 0 atom stereocenters. The van der Waals surface area contributed by atoms with Gasteiger partial charge < -0.3 is 9.84 Å². The third kappa shape index (κ3) is 5.80. The summed E-state index contributed by atoms with van der Waals surface area (Å²) in [6, 6.07) is 15.9. The van der Waals surface area contributed by atoms with Crippen molar-refractivity contribution in [3.8, 4) is 11.4 Å². The summed E-state index contributed by atoms with van der Waals surface area (Å²) < 4.78 is 30.5. The maximum atomic E-state index is 12.1. The first kappa shape index (κ1) is 21.8. The molecular formula is C20H21ClN4O4S. The van der Waals surface area contributed by atoms with Gasteiger partial charge in [0.15, 0.2) is 0 Å². The molecule has 1 aromatic heterocycles. The molecule has 2 aromatic carbocycles. The molecule has 0 fully saturated rings. The van der Waals surface area contributed by atoms with Crippen molar-refractivity contribution in [3.63, 3.8) is 0 Å². The van der Waals surface area contributed by atoms with Crippen molar-refractivity contribution in [2.24, 2.45) is 0 Å². The number of para-hydroxylation sites is 1. The number of rotatable bonds is 9. The fourth-order valence-electron chi connectivity index (χ4n) is 2.81. The van der Waals surface area contributed by atoms with Crippen LogP contribution in [0.5, 0.6) is 0 Å². The highest BCUT2D eigenvalue weighted by molar-refractivity contribution is 7.92. The summed E-state index contributed by atoms with van der Waals surface area (Å²) in [4.78, 5) is 16.4. The molecule has 1 heterocycles. The number of anilines is 1. The first-order valence-electron chi connectivity index (χ1n) is 9.21. The zero-order valence-corrected chi connectivity index (χ0v) is 17.9. The van der Waals surface area contributed by atoms with Gasteiger partial charge in [0.05, 0.1) is 23.5 Å². The van der Waals surface area contributed by atoms with Crippen LogP contribution in [-0.2, 0) is 21.4 Å². The number of sulfonamides is 1. The van der Waals surface area contributed by atoms with Crippen LogP contribution in [0.4, 0.5) is 5.69 Å². The zero-order chi connectivity index (χ0) is 21.6. The van der Waals surface area contributed by atoms with E-state index >= 15 is 0 Å². The Labute approximate surface area is 179 Å². The molecule has 10 heteroatoms. The maximum Gasteiger partial charge on any atom is 0.246 e. The monoisotopic (exact) mass is 448 g/mol. The number of nitrogens with one attached hydrogen (secondary N) is 1. The summed E-state index contributed by atoms with van der Waals surface area (Å²) in [6.07, 6.45) is 1.67. The third-order valence-corrected chi connectivity index (χ3v) is 5.75. The molecule has 0 radical (unpaired) electrons. The molecular weight excluding hydrogens is 428 g/mol. The molecule has 1 N–H and O–H groups in total. The molecule has 0 saturated heterocycles. The van der Waals surface area contributed by atoms with Gasteiger partial charge in [0.1, 0.15) is 0 Å². The van der Waals surface area contributed by atoms with Crippen molar-refractivity contribution in [2.75, 3.05) is 17.1 Å². The van der Waals surface area contributed by atoms with Gasteiger partial charge in [-0.1, -0.05) is 47.1 Å². The summed E-state index contributed by atoms with van der Waals surface area (Å²) in [5, 5.41) is 7.07. The van der Waals surface area contributed by atoms with Gasteiger partial charge in [-0.15, -0.1) is 0 Å². The van der Waals surface area contributed by atoms with Gasteiger partial charge >= 0.3 is 0 Å². The molecule has 0 aliphatic heterocycles. The minimum atomic E-state index is -3.44. The molecule has 158 valence electrons. The number of amides is 1. The van der Waals surface area contributed by atoms with E-state index in [0.29, 0.717) is 28.5 Å². The Morgan fingerprint density at radius 1 is 1.13 bits per heavy atom. The first-order valence-corrected chi connectivity index (χ1v) is 11.4. The summed E-state index contributed by atoms with van der Waals surface area (Å²) in [7, 11) is -3.44. The van der Waals surface area contributed by atoms with E-state index in [0.717, 1.165) is 6.26 Å². The largest absolute Gasteiger partial charge is 0.347 e. The lowest BCUT2D eigenvalue weighted by Gasteiger charge is -2.22. The Morgan fingerprint density at radius 3 is 2.53 bits per heavy atom. The Morgan fingerprint density at radius 2 is 1.83 bits per heavy atom. The summed E-state index contributed by atoms with van der Waals surface area (Å²) in [5.74, 6) is 0.353. The van der Waals surface area contributed by atoms with Crippen LogP contribution in [0.1, 0.15) is 18.7 Å². The van der Waals surface area contributed by atoms with E-state index in [1.807, 2.05) is 12.1 Å². The minimum Gasteiger partial charge on any atom is -0.347 e. The van der Waals surface area contributed by atoms with Crippen molar-refractivity contribution in [2.45, 2.75) is 19.4 Å². The van der Waals surface area contributed by atoms with Crippen molar-refractivity contribution in [1.29, 1.82) is 0 Å². The third-order valence-electron chi connectivity index (χ3n) is 4.23. The fraction of sp³-hybridized carbons (Fsp3) is 0.250. The first-order chi connectivity index (χ1) is 14.3. The molecule has 1 amide bonds. The Balaban J connectivity index is 1.50. The Hall–Kier alpha value is -2.91. The van der Waals surface area contributed by atoms with Gasteiger partial charge in [0.2, 0.25) is 27.6 Å². The molecule has 0 spiro atoms. The second-order valence-electron chi connectivity index (χ2n) is 6.54. The predicted octanol–water partition coefficient (Wildman–Crippen LogP) is 3.25. The second-order valence-corrected chi connectivity index (χ2v) is 8.86. The molecule has 0 saturated carbocycles. The number of nitrogens with zero attached hydrogens (tertiary/aromatic N) is 3. The normalized spacial score (nSPS) is 11.3. The molecule has 0 unspecified atom stereocenters. The summed E-state index contributed by atoms with van der Waals surface area (Å²) in [6.45, 7) is 0.276. The highest BCUT2D eigenvalue weighted by Gasteiger charge is 2.17. The van der Waals surface area contributed by atoms with Crippen LogP contribution in [0, 0.1) is 0 Å². The Kier molecular flexibility index (Phi) is 7.07. The molecule has 3 rings (SSSR count).